The van der Waals surface area contributed by atoms with Crippen LogP contribution in [0, 0.1) is 23.1 Å². The average molecular weight is 232 g/mol. The first-order chi connectivity index (χ1) is 8.22. The fourth-order valence-corrected chi connectivity index (χ4v) is 2.23. The minimum atomic E-state index is -0.328. The maximum absolute atomic E-state index is 13.4. The topological polar surface area (TPSA) is 27.0 Å². The second-order valence-electron chi connectivity index (χ2n) is 4.65. The summed E-state index contributed by atoms with van der Waals surface area (Å²) in [6, 6.07) is 6.57. The van der Waals surface area contributed by atoms with Gasteiger partial charge in [-0.3, -0.25) is 0 Å². The van der Waals surface area contributed by atoms with Crippen LogP contribution in [0.4, 0.5) is 10.1 Å². The van der Waals surface area contributed by atoms with Crippen LogP contribution in [0.1, 0.15) is 31.7 Å². The normalized spacial score (nSPS) is 15.1. The Labute approximate surface area is 102 Å². The number of nitriles is 1. The van der Waals surface area contributed by atoms with Crippen LogP contribution in [0.15, 0.2) is 18.2 Å². The Morgan fingerprint density at radius 3 is 2.71 bits per heavy atom. The minimum Gasteiger partial charge on any atom is -0.371 e. The second kappa shape index (κ2) is 5.18. The number of benzene rings is 1. The van der Waals surface area contributed by atoms with Gasteiger partial charge in [0.25, 0.3) is 0 Å². The van der Waals surface area contributed by atoms with Crippen LogP contribution >= 0.6 is 0 Å². The minimum absolute atomic E-state index is 0.328. The summed E-state index contributed by atoms with van der Waals surface area (Å²) in [4.78, 5) is 2.16. The SMILES string of the molecule is CCN(CC1CCC1)c1cc(F)cc(C#N)c1. The number of rotatable bonds is 4. The third-order valence-corrected chi connectivity index (χ3v) is 3.46. The molecule has 0 unspecified atom stereocenters. The van der Waals surface area contributed by atoms with Crippen LogP contribution in [-0.2, 0) is 0 Å². The number of hydrogen-bond acceptors (Lipinski definition) is 2. The number of anilines is 1. The van der Waals surface area contributed by atoms with Crippen LogP contribution in [0.25, 0.3) is 0 Å². The summed E-state index contributed by atoms with van der Waals surface area (Å²) in [7, 11) is 0. The third kappa shape index (κ3) is 2.76. The molecule has 2 rings (SSSR count). The Kier molecular flexibility index (Phi) is 3.63. The van der Waals surface area contributed by atoms with E-state index in [0.29, 0.717) is 5.56 Å². The quantitative estimate of drug-likeness (QED) is 0.796. The van der Waals surface area contributed by atoms with Gasteiger partial charge >= 0.3 is 0 Å². The Bertz CT molecular complexity index is 432. The number of halogens is 1. The summed E-state index contributed by atoms with van der Waals surface area (Å²) in [5.41, 5.74) is 1.23. The van der Waals surface area contributed by atoms with Crippen LogP contribution in [-0.4, -0.2) is 13.1 Å². The van der Waals surface area contributed by atoms with Gasteiger partial charge in [0.1, 0.15) is 5.82 Å². The average Bonchev–Trinajstić information content (AvgIpc) is 2.27. The summed E-state index contributed by atoms with van der Waals surface area (Å²) in [6.45, 7) is 3.89. The van der Waals surface area contributed by atoms with E-state index in [2.05, 4.69) is 11.8 Å². The van der Waals surface area contributed by atoms with Gasteiger partial charge in [-0.25, -0.2) is 4.39 Å². The van der Waals surface area contributed by atoms with E-state index < -0.39 is 0 Å². The van der Waals surface area contributed by atoms with E-state index >= 15 is 0 Å². The molecule has 2 nitrogen and oxygen atoms in total. The number of hydrogen-bond donors (Lipinski definition) is 0. The van der Waals surface area contributed by atoms with Crippen LogP contribution < -0.4 is 4.90 Å². The fraction of sp³-hybridized carbons (Fsp3) is 0.500. The van der Waals surface area contributed by atoms with Crippen LogP contribution in [0.5, 0.6) is 0 Å². The van der Waals surface area contributed by atoms with Gasteiger partial charge in [-0.15, -0.1) is 0 Å². The molecule has 0 heterocycles. The number of nitrogens with zero attached hydrogens (tertiary/aromatic N) is 2. The molecular formula is C14H17FN2. The zero-order valence-electron chi connectivity index (χ0n) is 10.1. The van der Waals surface area contributed by atoms with Gasteiger partial charge in [0.15, 0.2) is 0 Å². The van der Waals surface area contributed by atoms with Crippen molar-refractivity contribution in [1.29, 1.82) is 5.26 Å². The van der Waals surface area contributed by atoms with E-state index in [0.717, 1.165) is 24.7 Å². The predicted molar refractivity (Wildman–Crippen MR) is 66.3 cm³/mol. The molecule has 1 aliphatic rings. The van der Waals surface area contributed by atoms with Gasteiger partial charge < -0.3 is 4.90 Å². The van der Waals surface area contributed by atoms with Gasteiger partial charge in [-0.1, -0.05) is 6.42 Å². The van der Waals surface area contributed by atoms with Crippen molar-refractivity contribution in [2.75, 3.05) is 18.0 Å². The highest BCUT2D eigenvalue weighted by Gasteiger charge is 2.20. The summed E-state index contributed by atoms with van der Waals surface area (Å²) in [6.07, 6.45) is 3.86. The Balaban J connectivity index is 2.17. The van der Waals surface area contributed by atoms with E-state index in [4.69, 9.17) is 5.26 Å². The van der Waals surface area contributed by atoms with Crippen molar-refractivity contribution in [3.05, 3.63) is 29.6 Å². The zero-order valence-corrected chi connectivity index (χ0v) is 10.1. The lowest BCUT2D eigenvalue weighted by molar-refractivity contribution is 0.318. The van der Waals surface area contributed by atoms with E-state index in [1.165, 1.54) is 31.4 Å². The zero-order chi connectivity index (χ0) is 12.3. The maximum Gasteiger partial charge on any atom is 0.126 e. The van der Waals surface area contributed by atoms with E-state index in [-0.39, 0.29) is 5.82 Å². The second-order valence-corrected chi connectivity index (χ2v) is 4.65. The molecule has 0 saturated heterocycles. The molecule has 0 bridgehead atoms. The lowest BCUT2D eigenvalue weighted by atomic mass is 9.85. The van der Waals surface area contributed by atoms with Gasteiger partial charge in [-0.05, 0) is 43.9 Å². The molecule has 1 saturated carbocycles. The van der Waals surface area contributed by atoms with Crippen molar-refractivity contribution in [1.82, 2.24) is 0 Å². The molecule has 0 radical (unpaired) electrons. The Morgan fingerprint density at radius 2 is 2.18 bits per heavy atom. The molecule has 17 heavy (non-hydrogen) atoms. The molecule has 3 heteroatoms. The molecule has 0 aromatic heterocycles. The van der Waals surface area contributed by atoms with Crippen molar-refractivity contribution in [2.24, 2.45) is 5.92 Å². The molecule has 0 N–H and O–H groups in total. The summed E-state index contributed by atoms with van der Waals surface area (Å²) >= 11 is 0. The molecule has 1 aliphatic carbocycles. The third-order valence-electron chi connectivity index (χ3n) is 3.46. The predicted octanol–water partition coefficient (Wildman–Crippen LogP) is 3.32. The fourth-order valence-electron chi connectivity index (χ4n) is 2.23. The first-order valence-electron chi connectivity index (χ1n) is 6.18. The summed E-state index contributed by atoms with van der Waals surface area (Å²) in [5, 5.41) is 8.85. The molecule has 0 amide bonds. The molecule has 0 spiro atoms. The molecule has 1 fully saturated rings. The largest absolute Gasteiger partial charge is 0.371 e. The standard InChI is InChI=1S/C14H17FN2/c1-2-17(10-11-4-3-5-11)14-7-12(9-16)6-13(15)8-14/h6-8,11H,2-5,10H2,1H3. The first kappa shape index (κ1) is 11.9. The van der Waals surface area contributed by atoms with Gasteiger partial charge in [-0.2, -0.15) is 5.26 Å². The summed E-state index contributed by atoms with van der Waals surface area (Å²) < 4.78 is 13.4. The Hall–Kier alpha value is -1.56. The molecule has 1 aromatic rings. The summed E-state index contributed by atoms with van der Waals surface area (Å²) in [5.74, 6) is 0.412. The van der Waals surface area contributed by atoms with Crippen molar-refractivity contribution in [3.8, 4) is 6.07 Å². The molecule has 1 aromatic carbocycles. The van der Waals surface area contributed by atoms with E-state index in [1.54, 1.807) is 6.07 Å². The highest BCUT2D eigenvalue weighted by molar-refractivity contribution is 5.52. The van der Waals surface area contributed by atoms with Crippen molar-refractivity contribution >= 4 is 5.69 Å². The van der Waals surface area contributed by atoms with Gasteiger partial charge in [0.05, 0.1) is 11.6 Å². The van der Waals surface area contributed by atoms with Crippen LogP contribution in [0.3, 0.4) is 0 Å². The Morgan fingerprint density at radius 1 is 1.41 bits per heavy atom. The smallest absolute Gasteiger partial charge is 0.126 e. The molecule has 0 atom stereocenters. The molecule has 0 aliphatic heterocycles. The highest BCUT2D eigenvalue weighted by atomic mass is 19.1. The molecule has 90 valence electrons. The van der Waals surface area contributed by atoms with Crippen molar-refractivity contribution < 1.29 is 4.39 Å². The monoisotopic (exact) mass is 232 g/mol. The lowest BCUT2D eigenvalue weighted by Crippen LogP contribution is -2.32. The highest BCUT2D eigenvalue weighted by Crippen LogP contribution is 2.29. The maximum atomic E-state index is 13.4. The van der Waals surface area contributed by atoms with E-state index in [1.807, 2.05) is 6.07 Å². The lowest BCUT2D eigenvalue weighted by Gasteiger charge is -2.33. The first-order valence-corrected chi connectivity index (χ1v) is 6.18. The molecular weight excluding hydrogens is 215 g/mol. The van der Waals surface area contributed by atoms with Gasteiger partial charge in [0.2, 0.25) is 0 Å². The van der Waals surface area contributed by atoms with Crippen molar-refractivity contribution in [3.63, 3.8) is 0 Å². The van der Waals surface area contributed by atoms with Crippen molar-refractivity contribution in [2.45, 2.75) is 26.2 Å². The van der Waals surface area contributed by atoms with Gasteiger partial charge in [0, 0.05) is 18.8 Å². The van der Waals surface area contributed by atoms with Crippen LogP contribution in [0.2, 0.25) is 0 Å². The van der Waals surface area contributed by atoms with E-state index in [9.17, 15) is 4.39 Å².